The van der Waals surface area contributed by atoms with Gasteiger partial charge in [0.25, 0.3) is 5.91 Å². The first-order valence-corrected chi connectivity index (χ1v) is 10.6. The zero-order chi connectivity index (χ0) is 22.0. The summed E-state index contributed by atoms with van der Waals surface area (Å²) in [5.74, 6) is -0.282. The number of nitrogens with one attached hydrogen (secondary N) is 3. The quantitative estimate of drug-likeness (QED) is 0.570. The van der Waals surface area contributed by atoms with E-state index < -0.39 is 24.2 Å². The summed E-state index contributed by atoms with van der Waals surface area (Å²) in [5, 5.41) is 9.43. The SMILES string of the molecule is O=C(NCCC[NH+]1CCOCC1)c1nn2c(c1Cl)N[C@@H](c1ccco1)C[C@@H]2C(F)(F)F. The van der Waals surface area contributed by atoms with E-state index in [0.29, 0.717) is 12.3 Å². The van der Waals surface area contributed by atoms with E-state index in [1.54, 1.807) is 12.1 Å². The second-order valence-corrected chi connectivity index (χ2v) is 8.06. The molecule has 3 N–H and O–H groups in total. The molecule has 0 radical (unpaired) electrons. The number of amides is 1. The third-order valence-corrected chi connectivity index (χ3v) is 5.95. The molecule has 0 saturated carbocycles. The molecule has 0 spiro atoms. The first kappa shape index (κ1) is 22.0. The van der Waals surface area contributed by atoms with E-state index in [2.05, 4.69) is 15.7 Å². The smallest absolute Gasteiger partial charge is 0.410 e. The van der Waals surface area contributed by atoms with Crippen LogP contribution in [0.25, 0.3) is 0 Å². The topological polar surface area (TPSA) is 85.8 Å². The van der Waals surface area contributed by atoms with Crippen LogP contribution in [0.2, 0.25) is 5.02 Å². The predicted molar refractivity (Wildman–Crippen MR) is 105 cm³/mol. The van der Waals surface area contributed by atoms with Gasteiger partial charge in [-0.3, -0.25) is 4.79 Å². The number of alkyl halides is 3. The van der Waals surface area contributed by atoms with Crippen LogP contribution in [0.15, 0.2) is 22.8 Å². The van der Waals surface area contributed by atoms with Crippen molar-refractivity contribution in [2.75, 3.05) is 44.7 Å². The fourth-order valence-electron chi connectivity index (χ4n) is 3.94. The monoisotopic (exact) mass is 462 g/mol. The molecule has 8 nitrogen and oxygen atoms in total. The van der Waals surface area contributed by atoms with E-state index in [4.69, 9.17) is 20.8 Å². The van der Waals surface area contributed by atoms with Gasteiger partial charge in [0.1, 0.15) is 29.7 Å². The molecule has 0 aromatic carbocycles. The maximum absolute atomic E-state index is 13.7. The number of anilines is 1. The molecule has 1 saturated heterocycles. The Morgan fingerprint density at radius 3 is 2.84 bits per heavy atom. The van der Waals surface area contributed by atoms with Crippen LogP contribution in [-0.4, -0.2) is 61.3 Å². The van der Waals surface area contributed by atoms with E-state index >= 15 is 0 Å². The molecule has 2 aliphatic heterocycles. The van der Waals surface area contributed by atoms with Crippen LogP contribution in [0.4, 0.5) is 19.0 Å². The summed E-state index contributed by atoms with van der Waals surface area (Å²) in [6.07, 6.45) is -2.77. The van der Waals surface area contributed by atoms with E-state index in [-0.39, 0.29) is 23.0 Å². The van der Waals surface area contributed by atoms with Crippen LogP contribution in [0.1, 0.15) is 41.2 Å². The number of furan rings is 1. The Bertz CT molecular complexity index is 896. The largest absolute Gasteiger partial charge is 0.467 e. The van der Waals surface area contributed by atoms with Gasteiger partial charge in [-0.2, -0.15) is 18.3 Å². The van der Waals surface area contributed by atoms with Gasteiger partial charge >= 0.3 is 6.18 Å². The molecule has 12 heteroatoms. The van der Waals surface area contributed by atoms with E-state index in [9.17, 15) is 18.0 Å². The molecule has 170 valence electrons. The lowest BCUT2D eigenvalue weighted by atomic mass is 10.0. The van der Waals surface area contributed by atoms with E-state index in [0.717, 1.165) is 44.0 Å². The Labute approximate surface area is 181 Å². The highest BCUT2D eigenvalue weighted by Gasteiger charge is 2.48. The van der Waals surface area contributed by atoms with Gasteiger partial charge in [-0.25, -0.2) is 4.68 Å². The Morgan fingerprint density at radius 2 is 2.16 bits per heavy atom. The van der Waals surface area contributed by atoms with Crippen molar-refractivity contribution in [3.63, 3.8) is 0 Å². The molecular formula is C19H24ClF3N5O3+. The van der Waals surface area contributed by atoms with Crippen LogP contribution in [0, 0.1) is 0 Å². The van der Waals surface area contributed by atoms with Gasteiger partial charge in [-0.15, -0.1) is 0 Å². The number of hydrogen-bond acceptors (Lipinski definition) is 5. The summed E-state index contributed by atoms with van der Waals surface area (Å²) in [6, 6.07) is 0.526. The second kappa shape index (κ2) is 9.09. The van der Waals surface area contributed by atoms with Gasteiger partial charge in [0, 0.05) is 19.4 Å². The molecule has 31 heavy (non-hydrogen) atoms. The van der Waals surface area contributed by atoms with Crippen LogP contribution < -0.4 is 15.5 Å². The first-order chi connectivity index (χ1) is 14.8. The molecule has 4 rings (SSSR count). The number of morpholine rings is 1. The van der Waals surface area contributed by atoms with Crippen LogP contribution in [0.5, 0.6) is 0 Å². The van der Waals surface area contributed by atoms with E-state index in [1.165, 1.54) is 11.2 Å². The number of halogens is 4. The van der Waals surface area contributed by atoms with Crippen LogP contribution >= 0.6 is 11.6 Å². The lowest BCUT2D eigenvalue weighted by molar-refractivity contribution is -0.908. The molecule has 0 bridgehead atoms. The Hall–Kier alpha value is -2.24. The van der Waals surface area contributed by atoms with Crippen molar-refractivity contribution in [1.82, 2.24) is 15.1 Å². The van der Waals surface area contributed by atoms with Gasteiger partial charge in [0.15, 0.2) is 11.7 Å². The number of rotatable bonds is 6. The molecule has 0 unspecified atom stereocenters. The van der Waals surface area contributed by atoms with E-state index in [1.807, 2.05) is 0 Å². The highest BCUT2D eigenvalue weighted by atomic mass is 35.5. The predicted octanol–water partition coefficient (Wildman–Crippen LogP) is 1.82. The minimum Gasteiger partial charge on any atom is -0.467 e. The highest BCUT2D eigenvalue weighted by Crippen LogP contribution is 2.46. The lowest BCUT2D eigenvalue weighted by Gasteiger charge is -2.32. The maximum atomic E-state index is 13.7. The number of nitrogens with zero attached hydrogens (tertiary/aromatic N) is 2. The van der Waals surface area contributed by atoms with Crippen LogP contribution in [-0.2, 0) is 4.74 Å². The number of ether oxygens (including phenoxy) is 1. The normalized spacial score (nSPS) is 22.1. The summed E-state index contributed by atoms with van der Waals surface area (Å²) >= 11 is 6.29. The fourth-order valence-corrected chi connectivity index (χ4v) is 4.21. The maximum Gasteiger partial charge on any atom is 0.410 e. The Kier molecular flexibility index (Phi) is 6.44. The van der Waals surface area contributed by atoms with Gasteiger partial charge in [0.05, 0.1) is 32.1 Å². The van der Waals surface area contributed by atoms with Gasteiger partial charge in [-0.1, -0.05) is 11.6 Å². The minimum atomic E-state index is -4.56. The zero-order valence-corrected chi connectivity index (χ0v) is 17.4. The summed E-state index contributed by atoms with van der Waals surface area (Å²) < 4.78 is 52.5. The fraction of sp³-hybridized carbons (Fsp3) is 0.579. The van der Waals surface area contributed by atoms with Crippen molar-refractivity contribution in [2.45, 2.75) is 31.1 Å². The number of fused-ring (bicyclic) bond motifs is 1. The summed E-state index contributed by atoms with van der Waals surface area (Å²) in [5.41, 5.74) is -0.225. The van der Waals surface area contributed by atoms with Crippen molar-refractivity contribution < 1.29 is 32.0 Å². The molecule has 2 atom stereocenters. The standard InChI is InChI=1S/C19H23ClF3N5O3/c20-15-16(18(29)24-4-2-5-27-6-9-30-10-7-27)26-28-14(19(21,22)23)11-12(25-17(15)28)13-3-1-8-31-13/h1,3,8,12,14,25H,2,4-7,9-11H2,(H,24,29)/p+1/t12-,14-/m1/s1. The van der Waals surface area contributed by atoms with Gasteiger partial charge < -0.3 is 24.7 Å². The van der Waals surface area contributed by atoms with Crippen molar-refractivity contribution in [3.05, 3.63) is 34.9 Å². The number of carbonyl (C=O) groups is 1. The molecule has 4 heterocycles. The molecule has 2 aromatic heterocycles. The number of quaternary nitrogens is 1. The number of hydrogen-bond donors (Lipinski definition) is 3. The highest BCUT2D eigenvalue weighted by molar-refractivity contribution is 6.36. The van der Waals surface area contributed by atoms with Gasteiger partial charge in [-0.05, 0) is 12.1 Å². The number of aromatic nitrogens is 2. The lowest BCUT2D eigenvalue weighted by Crippen LogP contribution is -3.14. The first-order valence-electron chi connectivity index (χ1n) is 10.2. The Balaban J connectivity index is 1.45. The average Bonchev–Trinajstić information content (AvgIpc) is 3.39. The van der Waals surface area contributed by atoms with Crippen molar-refractivity contribution in [2.24, 2.45) is 0 Å². The summed E-state index contributed by atoms with van der Waals surface area (Å²) in [4.78, 5) is 14.0. The minimum absolute atomic E-state index is 0.0421. The Morgan fingerprint density at radius 1 is 1.39 bits per heavy atom. The summed E-state index contributed by atoms with van der Waals surface area (Å²) in [6.45, 7) is 4.56. The molecule has 2 aromatic rings. The third kappa shape index (κ3) is 4.83. The third-order valence-electron chi connectivity index (χ3n) is 5.59. The van der Waals surface area contributed by atoms with Crippen molar-refractivity contribution in [3.8, 4) is 0 Å². The number of carbonyl (C=O) groups excluding carboxylic acids is 1. The van der Waals surface area contributed by atoms with Gasteiger partial charge in [0.2, 0.25) is 0 Å². The summed E-state index contributed by atoms with van der Waals surface area (Å²) in [7, 11) is 0. The molecule has 0 aliphatic carbocycles. The van der Waals surface area contributed by atoms with Crippen molar-refractivity contribution in [1.29, 1.82) is 0 Å². The molecular weight excluding hydrogens is 439 g/mol. The zero-order valence-electron chi connectivity index (χ0n) is 16.7. The second-order valence-electron chi connectivity index (χ2n) is 7.68. The molecule has 2 aliphatic rings. The average molecular weight is 463 g/mol. The molecule has 1 amide bonds. The van der Waals surface area contributed by atoms with Crippen molar-refractivity contribution >= 4 is 23.3 Å². The van der Waals surface area contributed by atoms with Crippen LogP contribution in [0.3, 0.4) is 0 Å². The molecule has 1 fully saturated rings.